The molecule has 0 atom stereocenters. The molecule has 20 heavy (non-hydrogen) atoms. The fourth-order valence-corrected chi connectivity index (χ4v) is 2.61. The summed E-state index contributed by atoms with van der Waals surface area (Å²) in [6.07, 6.45) is 2.38. The van der Waals surface area contributed by atoms with Gasteiger partial charge in [-0.3, -0.25) is 0 Å². The van der Waals surface area contributed by atoms with Gasteiger partial charge in [-0.2, -0.15) is 0 Å². The smallest absolute Gasteiger partial charge is 0.00898 e. The second kappa shape index (κ2) is 7.25. The van der Waals surface area contributed by atoms with Crippen molar-refractivity contribution < 1.29 is 0 Å². The second-order valence-electron chi connectivity index (χ2n) is 5.62. The fraction of sp³-hybridized carbons (Fsp3) is 0.368. The van der Waals surface area contributed by atoms with Gasteiger partial charge in [-0.05, 0) is 51.4 Å². The molecule has 2 rings (SSSR count). The van der Waals surface area contributed by atoms with Crippen molar-refractivity contribution in [2.75, 3.05) is 13.6 Å². The van der Waals surface area contributed by atoms with Crippen molar-refractivity contribution in [2.24, 2.45) is 0 Å². The number of hydrogen-bond donors (Lipinski definition) is 1. The molecular weight excluding hydrogens is 242 g/mol. The largest absolute Gasteiger partial charge is 0.320 e. The van der Waals surface area contributed by atoms with Crippen LogP contribution in [0.25, 0.3) is 0 Å². The highest BCUT2D eigenvalue weighted by Crippen LogP contribution is 2.29. The van der Waals surface area contributed by atoms with E-state index in [1.165, 1.54) is 35.1 Å². The molecule has 0 aliphatic heterocycles. The third-order valence-corrected chi connectivity index (χ3v) is 3.88. The third-order valence-electron chi connectivity index (χ3n) is 3.88. The molecule has 0 aliphatic rings. The molecule has 106 valence electrons. The molecule has 0 aromatic heterocycles. The normalized spacial score (nSPS) is 11.0. The van der Waals surface area contributed by atoms with Crippen LogP contribution in [0, 0.1) is 13.8 Å². The SMILES string of the molecule is CNCCCC(c1ccc(C)cc1)c1ccc(C)cc1. The highest BCUT2D eigenvalue weighted by atomic mass is 14.8. The van der Waals surface area contributed by atoms with Crippen LogP contribution in [0.2, 0.25) is 0 Å². The summed E-state index contributed by atoms with van der Waals surface area (Å²) in [4.78, 5) is 0. The van der Waals surface area contributed by atoms with Crippen molar-refractivity contribution in [1.29, 1.82) is 0 Å². The van der Waals surface area contributed by atoms with E-state index in [4.69, 9.17) is 0 Å². The van der Waals surface area contributed by atoms with E-state index in [-0.39, 0.29) is 0 Å². The molecule has 0 heterocycles. The zero-order valence-electron chi connectivity index (χ0n) is 12.8. The van der Waals surface area contributed by atoms with Crippen molar-refractivity contribution in [1.82, 2.24) is 5.32 Å². The maximum atomic E-state index is 3.24. The average Bonchev–Trinajstić information content (AvgIpc) is 2.46. The zero-order valence-corrected chi connectivity index (χ0v) is 12.8. The van der Waals surface area contributed by atoms with Crippen molar-refractivity contribution in [3.63, 3.8) is 0 Å². The summed E-state index contributed by atoms with van der Waals surface area (Å²) in [5, 5.41) is 3.24. The Balaban J connectivity index is 2.23. The molecular formula is C19H25N. The van der Waals surface area contributed by atoms with E-state index in [2.05, 4.69) is 67.7 Å². The highest BCUT2D eigenvalue weighted by Gasteiger charge is 2.13. The minimum atomic E-state index is 0.504. The van der Waals surface area contributed by atoms with Gasteiger partial charge in [0.05, 0.1) is 0 Å². The predicted octanol–water partition coefficient (Wildman–Crippen LogP) is 4.43. The first-order valence-electron chi connectivity index (χ1n) is 7.48. The lowest BCUT2D eigenvalue weighted by Gasteiger charge is -2.18. The van der Waals surface area contributed by atoms with Crippen LogP contribution in [0.1, 0.15) is 41.0 Å². The van der Waals surface area contributed by atoms with E-state index in [1.54, 1.807) is 0 Å². The molecule has 0 unspecified atom stereocenters. The Morgan fingerprint density at radius 1 is 0.800 bits per heavy atom. The van der Waals surface area contributed by atoms with E-state index in [0.717, 1.165) is 6.54 Å². The molecule has 0 fully saturated rings. The maximum Gasteiger partial charge on any atom is 0.00898 e. The predicted molar refractivity (Wildman–Crippen MR) is 87.4 cm³/mol. The van der Waals surface area contributed by atoms with Gasteiger partial charge in [0.1, 0.15) is 0 Å². The standard InChI is InChI=1S/C19H25N/c1-15-6-10-17(11-7-15)19(5-4-14-20-3)18-12-8-16(2)9-13-18/h6-13,19-20H,4-5,14H2,1-3H3. The summed E-state index contributed by atoms with van der Waals surface area (Å²) in [5.41, 5.74) is 5.50. The summed E-state index contributed by atoms with van der Waals surface area (Å²) in [7, 11) is 2.02. The van der Waals surface area contributed by atoms with Crippen LogP contribution in [-0.4, -0.2) is 13.6 Å². The molecule has 0 saturated heterocycles. The average molecular weight is 267 g/mol. The molecule has 1 nitrogen and oxygen atoms in total. The minimum absolute atomic E-state index is 0.504. The van der Waals surface area contributed by atoms with Gasteiger partial charge in [-0.15, -0.1) is 0 Å². The number of aryl methyl sites for hydroxylation is 2. The van der Waals surface area contributed by atoms with Crippen LogP contribution in [0.5, 0.6) is 0 Å². The summed E-state index contributed by atoms with van der Waals surface area (Å²) in [5.74, 6) is 0.504. The van der Waals surface area contributed by atoms with E-state index >= 15 is 0 Å². The van der Waals surface area contributed by atoms with Gasteiger partial charge in [0.15, 0.2) is 0 Å². The first kappa shape index (κ1) is 14.8. The van der Waals surface area contributed by atoms with Gasteiger partial charge in [-0.25, -0.2) is 0 Å². The van der Waals surface area contributed by atoms with Gasteiger partial charge in [0.2, 0.25) is 0 Å². The molecule has 0 saturated carbocycles. The molecule has 2 aromatic rings. The first-order chi connectivity index (χ1) is 9.70. The van der Waals surface area contributed by atoms with Crippen molar-refractivity contribution in [3.8, 4) is 0 Å². The Kier molecular flexibility index (Phi) is 5.37. The quantitative estimate of drug-likeness (QED) is 0.763. The van der Waals surface area contributed by atoms with E-state index in [0.29, 0.717) is 5.92 Å². The Labute approximate surface area is 123 Å². The second-order valence-corrected chi connectivity index (χ2v) is 5.62. The molecule has 2 aromatic carbocycles. The van der Waals surface area contributed by atoms with Crippen molar-refractivity contribution >= 4 is 0 Å². The van der Waals surface area contributed by atoms with Crippen LogP contribution in [0.4, 0.5) is 0 Å². The molecule has 1 N–H and O–H groups in total. The summed E-state index contributed by atoms with van der Waals surface area (Å²) in [6.45, 7) is 5.37. The van der Waals surface area contributed by atoms with Gasteiger partial charge in [-0.1, -0.05) is 59.7 Å². The van der Waals surface area contributed by atoms with E-state index in [9.17, 15) is 0 Å². The fourth-order valence-electron chi connectivity index (χ4n) is 2.61. The molecule has 0 radical (unpaired) electrons. The zero-order chi connectivity index (χ0) is 14.4. The molecule has 1 heteroatoms. The Morgan fingerprint density at radius 2 is 1.25 bits per heavy atom. The first-order valence-corrected chi connectivity index (χ1v) is 7.48. The van der Waals surface area contributed by atoms with Crippen molar-refractivity contribution in [3.05, 3.63) is 70.8 Å². The van der Waals surface area contributed by atoms with Crippen LogP contribution in [0.15, 0.2) is 48.5 Å². The van der Waals surface area contributed by atoms with E-state index in [1.807, 2.05) is 7.05 Å². The molecule has 0 bridgehead atoms. The van der Waals surface area contributed by atoms with Crippen LogP contribution >= 0.6 is 0 Å². The molecule has 0 aliphatic carbocycles. The Bertz CT molecular complexity index is 465. The van der Waals surface area contributed by atoms with Gasteiger partial charge >= 0.3 is 0 Å². The monoisotopic (exact) mass is 267 g/mol. The minimum Gasteiger partial charge on any atom is -0.320 e. The number of hydrogen-bond acceptors (Lipinski definition) is 1. The van der Waals surface area contributed by atoms with Crippen LogP contribution < -0.4 is 5.32 Å². The molecule has 0 spiro atoms. The number of rotatable bonds is 6. The lowest BCUT2D eigenvalue weighted by atomic mass is 9.87. The van der Waals surface area contributed by atoms with Gasteiger partial charge in [0, 0.05) is 5.92 Å². The lowest BCUT2D eigenvalue weighted by Crippen LogP contribution is -2.10. The maximum absolute atomic E-state index is 3.24. The van der Waals surface area contributed by atoms with E-state index < -0.39 is 0 Å². The topological polar surface area (TPSA) is 12.0 Å². The summed E-state index contributed by atoms with van der Waals surface area (Å²) in [6, 6.07) is 18.0. The number of benzene rings is 2. The van der Waals surface area contributed by atoms with Gasteiger partial charge in [0.25, 0.3) is 0 Å². The third kappa shape index (κ3) is 3.94. The Hall–Kier alpha value is -1.60. The van der Waals surface area contributed by atoms with Gasteiger partial charge < -0.3 is 5.32 Å². The summed E-state index contributed by atoms with van der Waals surface area (Å²) >= 11 is 0. The number of nitrogens with one attached hydrogen (secondary N) is 1. The molecule has 0 amide bonds. The summed E-state index contributed by atoms with van der Waals surface area (Å²) < 4.78 is 0. The van der Waals surface area contributed by atoms with Crippen molar-refractivity contribution in [2.45, 2.75) is 32.6 Å². The highest BCUT2D eigenvalue weighted by molar-refractivity contribution is 5.35. The Morgan fingerprint density at radius 3 is 1.65 bits per heavy atom. The van der Waals surface area contributed by atoms with Crippen LogP contribution in [-0.2, 0) is 0 Å². The van der Waals surface area contributed by atoms with Crippen LogP contribution in [0.3, 0.4) is 0 Å². The lowest BCUT2D eigenvalue weighted by molar-refractivity contribution is 0.629.